The summed E-state index contributed by atoms with van der Waals surface area (Å²) >= 11 is 12.2. The summed E-state index contributed by atoms with van der Waals surface area (Å²) in [4.78, 5) is 27.0. The number of likely N-dealkylation sites (tertiary alicyclic amines) is 1. The molecule has 1 fully saturated rings. The lowest BCUT2D eigenvalue weighted by Gasteiger charge is -2.40. The third-order valence-corrected chi connectivity index (χ3v) is 7.87. The molecule has 2 aromatic rings. The number of carbonyl (C=O) groups excluding carboxylic acids is 2. The number of nitrogens with zero attached hydrogens (tertiary/aromatic N) is 1. The van der Waals surface area contributed by atoms with Crippen molar-refractivity contribution in [2.45, 2.75) is 63.1 Å². The molecule has 11 heteroatoms. The molecule has 0 aromatic heterocycles. The molecule has 1 N–H and O–H groups in total. The zero-order valence-corrected chi connectivity index (χ0v) is 21.2. The zero-order chi connectivity index (χ0) is 25.2. The lowest BCUT2D eigenvalue weighted by atomic mass is 9.97. The summed E-state index contributed by atoms with van der Waals surface area (Å²) in [6.45, 7) is 5.34. The van der Waals surface area contributed by atoms with E-state index < -0.39 is 32.8 Å². The van der Waals surface area contributed by atoms with Crippen LogP contribution in [0.4, 0.5) is 10.1 Å². The standard InChI is InChI=1S/C23H25Cl2FN2O5S/c1-13-7-6-8-14(2)28(13)22(29)15(3)33-23(30)16-11-21(18(25)12-17(16)24)34(31,32)27-20-10-5-4-9-19(20)26/h4-5,9-15,27H,6-8H2,1-3H3/t13-,14+,15-/m1/s1. The lowest BCUT2D eigenvalue weighted by molar-refractivity contribution is -0.146. The van der Waals surface area contributed by atoms with Crippen molar-refractivity contribution in [3.63, 3.8) is 0 Å². The van der Waals surface area contributed by atoms with Crippen LogP contribution in [0.15, 0.2) is 41.3 Å². The van der Waals surface area contributed by atoms with Crippen LogP contribution in [0.3, 0.4) is 0 Å². The number of hydrogen-bond acceptors (Lipinski definition) is 5. The van der Waals surface area contributed by atoms with Gasteiger partial charge in [0.25, 0.3) is 15.9 Å². The van der Waals surface area contributed by atoms with E-state index in [0.29, 0.717) is 0 Å². The molecule has 1 aliphatic rings. The van der Waals surface area contributed by atoms with E-state index in [0.717, 1.165) is 37.5 Å². The number of esters is 1. The molecule has 1 saturated heterocycles. The van der Waals surface area contributed by atoms with Crippen molar-refractivity contribution >= 4 is 50.8 Å². The molecule has 1 heterocycles. The van der Waals surface area contributed by atoms with Crippen LogP contribution in [-0.2, 0) is 19.6 Å². The Morgan fingerprint density at radius 2 is 1.74 bits per heavy atom. The first-order valence-corrected chi connectivity index (χ1v) is 13.0. The van der Waals surface area contributed by atoms with Gasteiger partial charge in [-0.2, -0.15) is 0 Å². The Morgan fingerprint density at radius 1 is 1.12 bits per heavy atom. The normalized spacial score (nSPS) is 19.4. The number of halogens is 3. The Morgan fingerprint density at radius 3 is 2.35 bits per heavy atom. The second kappa shape index (κ2) is 10.5. The van der Waals surface area contributed by atoms with Crippen LogP contribution < -0.4 is 4.72 Å². The van der Waals surface area contributed by atoms with Crippen LogP contribution >= 0.6 is 23.2 Å². The van der Waals surface area contributed by atoms with Gasteiger partial charge in [-0.25, -0.2) is 17.6 Å². The van der Waals surface area contributed by atoms with Gasteiger partial charge < -0.3 is 9.64 Å². The summed E-state index contributed by atoms with van der Waals surface area (Å²) in [6, 6.07) is 7.24. The number of hydrogen-bond donors (Lipinski definition) is 1. The van der Waals surface area contributed by atoms with Gasteiger partial charge in [0, 0.05) is 12.1 Å². The van der Waals surface area contributed by atoms with Crippen molar-refractivity contribution in [3.8, 4) is 0 Å². The van der Waals surface area contributed by atoms with E-state index in [-0.39, 0.29) is 39.3 Å². The third kappa shape index (κ3) is 5.64. The first-order chi connectivity index (χ1) is 15.9. The van der Waals surface area contributed by atoms with Crippen LogP contribution in [0.2, 0.25) is 10.0 Å². The Labute approximate surface area is 208 Å². The number of para-hydroxylation sites is 1. The second-order valence-electron chi connectivity index (χ2n) is 8.27. The number of carbonyl (C=O) groups is 2. The maximum atomic E-state index is 13.9. The fourth-order valence-electron chi connectivity index (χ4n) is 3.98. The van der Waals surface area contributed by atoms with E-state index >= 15 is 0 Å². The SMILES string of the molecule is C[C@@H]1CCC[C@H](C)N1C(=O)[C@@H](C)OC(=O)c1cc(S(=O)(=O)Nc2ccccc2F)c(Cl)cc1Cl. The molecule has 0 aliphatic carbocycles. The predicted octanol–water partition coefficient (Wildman–Crippen LogP) is 5.27. The summed E-state index contributed by atoms with van der Waals surface area (Å²) in [6.07, 6.45) is 1.61. The maximum Gasteiger partial charge on any atom is 0.340 e. The summed E-state index contributed by atoms with van der Waals surface area (Å²) < 4.78 is 47.1. The van der Waals surface area contributed by atoms with E-state index in [9.17, 15) is 22.4 Å². The fourth-order valence-corrected chi connectivity index (χ4v) is 5.89. The highest BCUT2D eigenvalue weighted by atomic mass is 35.5. The number of sulfonamides is 1. The van der Waals surface area contributed by atoms with Gasteiger partial charge in [-0.15, -0.1) is 0 Å². The van der Waals surface area contributed by atoms with E-state index in [1.165, 1.54) is 25.1 Å². The summed E-state index contributed by atoms with van der Waals surface area (Å²) in [5.41, 5.74) is -0.582. The van der Waals surface area contributed by atoms with Crippen LogP contribution in [0.25, 0.3) is 0 Å². The third-order valence-electron chi connectivity index (χ3n) is 5.73. The molecule has 0 spiro atoms. The topological polar surface area (TPSA) is 92.8 Å². The second-order valence-corrected chi connectivity index (χ2v) is 10.7. The van der Waals surface area contributed by atoms with Gasteiger partial charge in [0.15, 0.2) is 6.10 Å². The Balaban J connectivity index is 1.84. The van der Waals surface area contributed by atoms with Crippen LogP contribution in [0.1, 0.15) is 50.4 Å². The van der Waals surface area contributed by atoms with E-state index in [1.54, 1.807) is 4.90 Å². The van der Waals surface area contributed by atoms with Gasteiger partial charge in [-0.1, -0.05) is 35.3 Å². The van der Waals surface area contributed by atoms with Gasteiger partial charge >= 0.3 is 5.97 Å². The first-order valence-electron chi connectivity index (χ1n) is 10.7. The molecular weight excluding hydrogens is 506 g/mol. The van der Waals surface area contributed by atoms with Crippen LogP contribution in [0, 0.1) is 5.82 Å². The first kappa shape index (κ1) is 26.2. The molecule has 0 saturated carbocycles. The van der Waals surface area contributed by atoms with Gasteiger partial charge in [-0.3, -0.25) is 9.52 Å². The van der Waals surface area contributed by atoms with Crippen molar-refractivity contribution in [3.05, 3.63) is 57.8 Å². The number of piperidine rings is 1. The molecule has 1 amide bonds. The monoisotopic (exact) mass is 530 g/mol. The van der Waals surface area contributed by atoms with E-state index in [1.807, 2.05) is 13.8 Å². The van der Waals surface area contributed by atoms with Crippen molar-refractivity contribution in [2.75, 3.05) is 4.72 Å². The quantitative estimate of drug-likeness (QED) is 0.513. The molecule has 0 radical (unpaired) electrons. The summed E-state index contributed by atoms with van der Waals surface area (Å²) in [5.74, 6) is -2.11. The summed E-state index contributed by atoms with van der Waals surface area (Å²) in [5, 5.41) is -0.426. The molecule has 3 atom stereocenters. The molecular formula is C23H25Cl2FN2O5S. The number of benzene rings is 2. The van der Waals surface area contributed by atoms with Crippen LogP contribution in [0.5, 0.6) is 0 Å². The molecule has 0 bridgehead atoms. The number of nitrogens with one attached hydrogen (secondary N) is 1. The molecule has 2 aromatic carbocycles. The van der Waals surface area contributed by atoms with E-state index in [2.05, 4.69) is 4.72 Å². The fraction of sp³-hybridized carbons (Fsp3) is 0.391. The summed E-state index contributed by atoms with van der Waals surface area (Å²) in [7, 11) is -4.38. The lowest BCUT2D eigenvalue weighted by Crippen LogP contribution is -2.51. The number of rotatable bonds is 6. The van der Waals surface area contributed by atoms with Crippen LogP contribution in [-0.4, -0.2) is 43.4 Å². The van der Waals surface area contributed by atoms with Crippen molar-refractivity contribution in [1.82, 2.24) is 4.90 Å². The zero-order valence-electron chi connectivity index (χ0n) is 18.8. The minimum absolute atomic E-state index is 0.0118. The minimum atomic E-state index is -4.38. The van der Waals surface area contributed by atoms with Crippen molar-refractivity contribution in [2.24, 2.45) is 0 Å². The number of amides is 1. The van der Waals surface area contributed by atoms with Crippen molar-refractivity contribution < 1.29 is 27.1 Å². The van der Waals surface area contributed by atoms with Gasteiger partial charge in [-0.05, 0) is 64.3 Å². The highest BCUT2D eigenvalue weighted by Gasteiger charge is 2.34. The molecule has 7 nitrogen and oxygen atoms in total. The highest BCUT2D eigenvalue weighted by Crippen LogP contribution is 2.31. The molecule has 1 aliphatic heterocycles. The maximum absolute atomic E-state index is 13.9. The van der Waals surface area contributed by atoms with Gasteiger partial charge in [0.05, 0.1) is 21.3 Å². The average Bonchev–Trinajstić information content (AvgIpc) is 2.74. The largest absolute Gasteiger partial charge is 0.449 e. The molecule has 184 valence electrons. The Kier molecular flexibility index (Phi) is 8.10. The smallest absolute Gasteiger partial charge is 0.340 e. The Bertz CT molecular complexity index is 1200. The molecule has 34 heavy (non-hydrogen) atoms. The van der Waals surface area contributed by atoms with Gasteiger partial charge in [0.2, 0.25) is 0 Å². The molecule has 0 unspecified atom stereocenters. The van der Waals surface area contributed by atoms with E-state index in [4.69, 9.17) is 27.9 Å². The van der Waals surface area contributed by atoms with Crippen molar-refractivity contribution in [1.29, 1.82) is 0 Å². The number of ether oxygens (including phenoxy) is 1. The average molecular weight is 531 g/mol. The van der Waals surface area contributed by atoms with Gasteiger partial charge in [0.1, 0.15) is 10.7 Å². The Hall–Kier alpha value is -2.36. The number of anilines is 1. The minimum Gasteiger partial charge on any atom is -0.449 e. The predicted molar refractivity (Wildman–Crippen MR) is 128 cm³/mol. The highest BCUT2D eigenvalue weighted by molar-refractivity contribution is 7.92. The molecule has 3 rings (SSSR count).